The van der Waals surface area contributed by atoms with Crippen molar-refractivity contribution in [3.05, 3.63) is 62.5 Å². The number of amidine groups is 1. The first-order valence-electron chi connectivity index (χ1n) is 11.3. The fourth-order valence-electron chi connectivity index (χ4n) is 4.61. The molecule has 1 unspecified atom stereocenters. The number of allylic oxidation sites excluding steroid dienone is 1. The molecule has 1 fully saturated rings. The monoisotopic (exact) mass is 556 g/mol. The lowest BCUT2D eigenvalue weighted by molar-refractivity contribution is -0.139. The van der Waals surface area contributed by atoms with Gasteiger partial charge in [-0.05, 0) is 31.9 Å². The predicted molar refractivity (Wildman–Crippen MR) is 135 cm³/mol. The smallest absolute Gasteiger partial charge is 0.338 e. The normalized spacial score (nSPS) is 23.2. The second kappa shape index (κ2) is 10.9. The van der Waals surface area contributed by atoms with Crippen molar-refractivity contribution in [2.45, 2.75) is 31.8 Å². The number of hydrogen-bond donors (Lipinski definition) is 2. The third-order valence-corrected chi connectivity index (χ3v) is 8.61. The highest BCUT2D eigenvalue weighted by Gasteiger charge is 2.41. The first-order chi connectivity index (χ1) is 17.1. The Morgan fingerprint density at radius 2 is 2.19 bits per heavy atom. The van der Waals surface area contributed by atoms with E-state index in [9.17, 15) is 22.7 Å². The van der Waals surface area contributed by atoms with Gasteiger partial charge in [0.05, 0.1) is 25.0 Å². The van der Waals surface area contributed by atoms with E-state index in [1.165, 1.54) is 27.8 Å². The molecule has 13 heteroatoms. The molecule has 2 aliphatic heterocycles. The number of aliphatic hydroxyl groups excluding tert-OH is 1. The number of thiazole rings is 1. The van der Waals surface area contributed by atoms with Gasteiger partial charge >= 0.3 is 5.97 Å². The highest BCUT2D eigenvalue weighted by Crippen LogP contribution is 2.41. The number of aliphatic hydroxyl groups is 1. The average molecular weight is 557 g/mol. The molecular formula is C23H26ClFN4O5S2. The summed E-state index contributed by atoms with van der Waals surface area (Å²) in [6.07, 6.45) is 3.40. The molecule has 2 aliphatic rings. The Morgan fingerprint density at radius 3 is 2.81 bits per heavy atom. The first kappa shape index (κ1) is 26.7. The summed E-state index contributed by atoms with van der Waals surface area (Å²) in [5.74, 6) is -1.06. The van der Waals surface area contributed by atoms with Crippen molar-refractivity contribution < 1.29 is 27.4 Å². The highest BCUT2D eigenvalue weighted by molar-refractivity contribution is 7.88. The molecule has 2 aromatic rings. The average Bonchev–Trinajstić information content (AvgIpc) is 3.37. The molecule has 0 spiro atoms. The van der Waals surface area contributed by atoms with Crippen molar-refractivity contribution in [2.75, 3.05) is 26.0 Å². The van der Waals surface area contributed by atoms with E-state index in [1.807, 2.05) is 0 Å². The summed E-state index contributed by atoms with van der Waals surface area (Å²) in [5, 5.41) is 15.7. The summed E-state index contributed by atoms with van der Waals surface area (Å²) in [7, 11) is -3.53. The van der Waals surface area contributed by atoms with Gasteiger partial charge in [0, 0.05) is 46.4 Å². The number of aromatic nitrogens is 1. The van der Waals surface area contributed by atoms with Gasteiger partial charge in [-0.3, -0.25) is 4.99 Å². The van der Waals surface area contributed by atoms with Crippen LogP contribution in [0.3, 0.4) is 0 Å². The molecule has 0 saturated carbocycles. The van der Waals surface area contributed by atoms with Gasteiger partial charge in [-0.25, -0.2) is 22.6 Å². The van der Waals surface area contributed by atoms with Crippen LogP contribution in [0.1, 0.15) is 36.4 Å². The molecule has 2 N–H and O–H groups in total. The van der Waals surface area contributed by atoms with Crippen LogP contribution in [0.4, 0.5) is 4.39 Å². The third kappa shape index (κ3) is 5.47. The van der Waals surface area contributed by atoms with Crippen LogP contribution < -0.4 is 5.32 Å². The number of ether oxygens (including phenoxy) is 1. The van der Waals surface area contributed by atoms with Crippen molar-refractivity contribution in [1.29, 1.82) is 0 Å². The predicted octanol–water partition coefficient (Wildman–Crippen LogP) is 2.88. The zero-order valence-corrected chi connectivity index (χ0v) is 22.0. The maximum atomic E-state index is 13.9. The number of nitrogens with one attached hydrogen (secondary N) is 1. The van der Waals surface area contributed by atoms with E-state index in [0.29, 0.717) is 28.5 Å². The molecule has 1 saturated heterocycles. The first-order valence-corrected chi connectivity index (χ1v) is 14.4. The van der Waals surface area contributed by atoms with Crippen LogP contribution >= 0.6 is 22.9 Å². The zero-order valence-electron chi connectivity index (χ0n) is 19.6. The maximum absolute atomic E-state index is 13.9. The number of hydrogen-bond acceptors (Lipinski definition) is 9. The zero-order chi connectivity index (χ0) is 26.0. The second-order valence-corrected chi connectivity index (χ2v) is 11.7. The molecule has 36 heavy (non-hydrogen) atoms. The Morgan fingerprint density at radius 1 is 1.42 bits per heavy atom. The lowest BCUT2D eigenvalue weighted by atomic mass is 9.84. The van der Waals surface area contributed by atoms with E-state index in [2.05, 4.69) is 10.3 Å². The fraction of sp³-hybridized carbons (Fsp3) is 0.435. The molecule has 0 aliphatic carbocycles. The maximum Gasteiger partial charge on any atom is 0.338 e. The van der Waals surface area contributed by atoms with Gasteiger partial charge < -0.3 is 15.2 Å². The molecule has 1 aromatic heterocycles. The van der Waals surface area contributed by atoms with E-state index in [1.54, 1.807) is 18.5 Å². The number of esters is 1. The van der Waals surface area contributed by atoms with Crippen LogP contribution in [0.5, 0.6) is 0 Å². The molecule has 0 radical (unpaired) electrons. The second-order valence-electron chi connectivity index (χ2n) is 8.49. The molecule has 0 bridgehead atoms. The number of carbonyl (C=O) groups is 1. The molecule has 1 aromatic carbocycles. The summed E-state index contributed by atoms with van der Waals surface area (Å²) >= 11 is 7.75. The minimum absolute atomic E-state index is 0.102. The Labute approximate surface area is 217 Å². The van der Waals surface area contributed by atoms with Gasteiger partial charge in [-0.2, -0.15) is 4.31 Å². The van der Waals surface area contributed by atoms with Crippen LogP contribution in [0.2, 0.25) is 5.02 Å². The molecule has 4 rings (SSSR count). The van der Waals surface area contributed by atoms with Gasteiger partial charge in [0.1, 0.15) is 11.9 Å². The van der Waals surface area contributed by atoms with Crippen LogP contribution in [-0.2, 0) is 19.6 Å². The number of halogens is 2. The lowest BCUT2D eigenvalue weighted by Crippen LogP contribution is -2.49. The van der Waals surface area contributed by atoms with Crippen molar-refractivity contribution >= 4 is 44.8 Å². The van der Waals surface area contributed by atoms with Gasteiger partial charge in [-0.15, -0.1) is 11.3 Å². The number of sulfonamides is 1. The van der Waals surface area contributed by atoms with Gasteiger partial charge in [0.25, 0.3) is 0 Å². The lowest BCUT2D eigenvalue weighted by Gasteiger charge is -2.39. The van der Waals surface area contributed by atoms with E-state index in [-0.39, 0.29) is 42.7 Å². The van der Waals surface area contributed by atoms with E-state index >= 15 is 0 Å². The molecular weight excluding hydrogens is 531 g/mol. The Kier molecular flexibility index (Phi) is 8.10. The quantitative estimate of drug-likeness (QED) is 0.503. The summed E-state index contributed by atoms with van der Waals surface area (Å²) in [6, 6.07) is 2.32. The van der Waals surface area contributed by atoms with Crippen LogP contribution in [-0.4, -0.2) is 66.7 Å². The number of benzene rings is 1. The van der Waals surface area contributed by atoms with Crippen molar-refractivity contribution in [3.8, 4) is 0 Å². The molecule has 3 heterocycles. The number of piperidine rings is 1. The topological polar surface area (TPSA) is 121 Å². The van der Waals surface area contributed by atoms with Crippen LogP contribution in [0.15, 0.2) is 46.0 Å². The van der Waals surface area contributed by atoms with E-state index < -0.39 is 33.9 Å². The molecule has 3 atom stereocenters. The largest absolute Gasteiger partial charge is 0.463 e. The minimum atomic E-state index is -3.53. The molecule has 194 valence electrons. The standard InChI is InChI=1S/C23H26ClFN4O5S2/c1-3-34-23(31)18-19(13-6-8-29(36(2,32)33)15(10-13)12-30)27-21(22-26-7-9-35-22)28-20(18)16-5-4-14(25)11-17(16)24/h4-5,7,9,11,13,15,20,30H,3,6,8,10,12H2,1-2H3,(H,27,28)/t13-,15-,20?/m1/s1. The summed E-state index contributed by atoms with van der Waals surface area (Å²) in [4.78, 5) is 22.4. The van der Waals surface area contributed by atoms with Gasteiger partial charge in [-0.1, -0.05) is 17.7 Å². The summed E-state index contributed by atoms with van der Waals surface area (Å²) < 4.78 is 45.0. The van der Waals surface area contributed by atoms with Crippen molar-refractivity contribution in [1.82, 2.24) is 14.6 Å². The SMILES string of the molecule is CCOC(=O)C1=C([C@@H]2CCN(S(C)(=O)=O)[C@@H](CO)C2)NC(c2nccs2)=NC1c1ccc(F)cc1Cl. The number of rotatable bonds is 7. The van der Waals surface area contributed by atoms with E-state index in [4.69, 9.17) is 21.3 Å². The number of nitrogens with zero attached hydrogens (tertiary/aromatic N) is 3. The molecule has 9 nitrogen and oxygen atoms in total. The van der Waals surface area contributed by atoms with Crippen molar-refractivity contribution in [3.63, 3.8) is 0 Å². The minimum Gasteiger partial charge on any atom is -0.463 e. The summed E-state index contributed by atoms with van der Waals surface area (Å²) in [6.45, 7) is 1.60. The Bertz CT molecular complexity index is 1300. The highest BCUT2D eigenvalue weighted by atomic mass is 35.5. The van der Waals surface area contributed by atoms with Gasteiger partial charge in [0.2, 0.25) is 10.0 Å². The van der Waals surface area contributed by atoms with Gasteiger partial charge in [0.15, 0.2) is 10.8 Å². The van der Waals surface area contributed by atoms with Crippen molar-refractivity contribution in [2.24, 2.45) is 10.9 Å². The molecule has 0 amide bonds. The Hall–Kier alpha value is -2.38. The van der Waals surface area contributed by atoms with Crippen LogP contribution in [0.25, 0.3) is 0 Å². The number of aliphatic imine (C=N–C) groups is 1. The van der Waals surface area contributed by atoms with E-state index in [0.717, 1.165) is 12.3 Å². The Balaban J connectivity index is 1.85. The van der Waals surface area contributed by atoms with Crippen LogP contribution in [0, 0.1) is 11.7 Å². The summed E-state index contributed by atoms with van der Waals surface area (Å²) in [5.41, 5.74) is 1.13. The fourth-order valence-corrected chi connectivity index (χ4v) is 6.60. The third-order valence-electron chi connectivity index (χ3n) is 6.17. The number of carbonyl (C=O) groups excluding carboxylic acids is 1.